The molecule has 1 saturated heterocycles. The van der Waals surface area contributed by atoms with E-state index in [1.807, 2.05) is 12.1 Å². The highest BCUT2D eigenvalue weighted by Gasteiger charge is 2.22. The maximum absolute atomic E-state index is 11.4. The van der Waals surface area contributed by atoms with Crippen LogP contribution in [-0.4, -0.2) is 24.1 Å². The number of benzene rings is 1. The second-order valence-corrected chi connectivity index (χ2v) is 4.39. The van der Waals surface area contributed by atoms with Gasteiger partial charge in [-0.25, -0.2) is 4.79 Å². The van der Waals surface area contributed by atoms with Gasteiger partial charge >= 0.3 is 6.09 Å². The molecule has 86 valence electrons. The summed E-state index contributed by atoms with van der Waals surface area (Å²) in [6, 6.07) is 8.27. The fourth-order valence-electron chi connectivity index (χ4n) is 2.02. The van der Waals surface area contributed by atoms with Gasteiger partial charge < -0.3 is 9.64 Å². The number of rotatable bonds is 3. The van der Waals surface area contributed by atoms with Crippen LogP contribution >= 0.6 is 0 Å². The van der Waals surface area contributed by atoms with Crippen molar-refractivity contribution in [3.8, 4) is 0 Å². The van der Waals surface area contributed by atoms with Crippen LogP contribution < -0.4 is 0 Å². The molecular formula is C13H17NO2. The van der Waals surface area contributed by atoms with Crippen LogP contribution in [0.1, 0.15) is 30.9 Å². The molecule has 0 unspecified atom stereocenters. The van der Waals surface area contributed by atoms with Gasteiger partial charge in [0.15, 0.2) is 0 Å². The van der Waals surface area contributed by atoms with Gasteiger partial charge in [0.2, 0.25) is 0 Å². The first kappa shape index (κ1) is 11.0. The summed E-state index contributed by atoms with van der Waals surface area (Å²) in [5.41, 5.74) is 2.53. The van der Waals surface area contributed by atoms with Gasteiger partial charge in [-0.15, -0.1) is 0 Å². The summed E-state index contributed by atoms with van der Waals surface area (Å²) in [6.45, 7) is 6.21. The molecule has 1 amide bonds. The van der Waals surface area contributed by atoms with Crippen LogP contribution in [0.2, 0.25) is 0 Å². The second kappa shape index (κ2) is 4.56. The number of hydrogen-bond acceptors (Lipinski definition) is 2. The van der Waals surface area contributed by atoms with E-state index in [0.29, 0.717) is 25.6 Å². The average Bonchev–Trinajstić information content (AvgIpc) is 2.65. The number of hydrogen-bond donors (Lipinski definition) is 0. The Morgan fingerprint density at radius 3 is 2.75 bits per heavy atom. The van der Waals surface area contributed by atoms with E-state index in [2.05, 4.69) is 26.0 Å². The van der Waals surface area contributed by atoms with Gasteiger partial charge in [-0.3, -0.25) is 0 Å². The Balaban J connectivity index is 2.17. The van der Waals surface area contributed by atoms with E-state index < -0.39 is 0 Å². The van der Waals surface area contributed by atoms with E-state index in [0.717, 1.165) is 0 Å². The minimum atomic E-state index is -0.196. The van der Waals surface area contributed by atoms with E-state index in [1.165, 1.54) is 11.1 Å². The molecule has 0 saturated carbocycles. The van der Waals surface area contributed by atoms with Crippen LogP contribution in [0.25, 0.3) is 0 Å². The maximum Gasteiger partial charge on any atom is 0.410 e. The number of amides is 1. The first-order chi connectivity index (χ1) is 7.68. The van der Waals surface area contributed by atoms with Gasteiger partial charge in [-0.1, -0.05) is 38.1 Å². The Morgan fingerprint density at radius 1 is 1.38 bits per heavy atom. The van der Waals surface area contributed by atoms with E-state index in [4.69, 9.17) is 4.74 Å². The predicted molar refractivity (Wildman–Crippen MR) is 62.3 cm³/mol. The monoisotopic (exact) mass is 219 g/mol. The van der Waals surface area contributed by atoms with E-state index in [9.17, 15) is 4.79 Å². The Morgan fingerprint density at radius 2 is 2.12 bits per heavy atom. The minimum Gasteiger partial charge on any atom is -0.448 e. The SMILES string of the molecule is CC(C)c1ccccc1CN1CCOC1=O. The van der Waals surface area contributed by atoms with E-state index in [1.54, 1.807) is 4.90 Å². The Kier molecular flexibility index (Phi) is 3.13. The highest BCUT2D eigenvalue weighted by molar-refractivity contribution is 5.69. The lowest BCUT2D eigenvalue weighted by Gasteiger charge is -2.17. The fourth-order valence-corrected chi connectivity index (χ4v) is 2.02. The lowest BCUT2D eigenvalue weighted by atomic mass is 9.97. The average molecular weight is 219 g/mol. The Hall–Kier alpha value is -1.51. The zero-order valence-electron chi connectivity index (χ0n) is 9.77. The molecule has 0 aliphatic carbocycles. The Bertz CT molecular complexity index is 387. The molecule has 1 aliphatic heterocycles. The van der Waals surface area contributed by atoms with Crippen molar-refractivity contribution in [2.24, 2.45) is 0 Å². The van der Waals surface area contributed by atoms with Crippen molar-refractivity contribution in [1.29, 1.82) is 0 Å². The second-order valence-electron chi connectivity index (χ2n) is 4.39. The first-order valence-corrected chi connectivity index (χ1v) is 5.68. The molecule has 1 fully saturated rings. The van der Waals surface area contributed by atoms with Crippen LogP contribution in [-0.2, 0) is 11.3 Å². The number of nitrogens with zero attached hydrogens (tertiary/aromatic N) is 1. The van der Waals surface area contributed by atoms with Crippen molar-refractivity contribution in [2.75, 3.05) is 13.2 Å². The first-order valence-electron chi connectivity index (χ1n) is 5.68. The van der Waals surface area contributed by atoms with Crippen molar-refractivity contribution < 1.29 is 9.53 Å². The van der Waals surface area contributed by atoms with Gasteiger partial charge in [0.25, 0.3) is 0 Å². The molecule has 0 N–H and O–H groups in total. The predicted octanol–water partition coefficient (Wildman–Crippen LogP) is 2.76. The molecule has 0 atom stereocenters. The summed E-state index contributed by atoms with van der Waals surface area (Å²) in [4.78, 5) is 13.1. The molecular weight excluding hydrogens is 202 g/mol. The number of carbonyl (C=O) groups is 1. The topological polar surface area (TPSA) is 29.5 Å². The molecule has 0 aromatic heterocycles. The molecule has 0 radical (unpaired) electrons. The van der Waals surface area contributed by atoms with Crippen molar-refractivity contribution >= 4 is 6.09 Å². The van der Waals surface area contributed by atoms with Gasteiger partial charge in [-0.2, -0.15) is 0 Å². The largest absolute Gasteiger partial charge is 0.448 e. The minimum absolute atomic E-state index is 0.196. The normalized spacial score (nSPS) is 15.7. The van der Waals surface area contributed by atoms with Crippen molar-refractivity contribution in [1.82, 2.24) is 4.90 Å². The number of carbonyl (C=O) groups excluding carboxylic acids is 1. The lowest BCUT2D eigenvalue weighted by molar-refractivity contribution is 0.157. The van der Waals surface area contributed by atoms with Crippen molar-refractivity contribution in [3.05, 3.63) is 35.4 Å². The molecule has 16 heavy (non-hydrogen) atoms. The van der Waals surface area contributed by atoms with Crippen molar-refractivity contribution in [2.45, 2.75) is 26.3 Å². The van der Waals surface area contributed by atoms with Crippen LogP contribution in [0.15, 0.2) is 24.3 Å². The standard InChI is InChI=1S/C13H17NO2/c1-10(2)12-6-4-3-5-11(12)9-14-7-8-16-13(14)15/h3-6,10H,7-9H2,1-2H3. The smallest absolute Gasteiger partial charge is 0.410 e. The molecule has 2 rings (SSSR count). The highest BCUT2D eigenvalue weighted by Crippen LogP contribution is 2.21. The third kappa shape index (κ3) is 2.18. The van der Waals surface area contributed by atoms with Crippen LogP contribution in [0.4, 0.5) is 4.79 Å². The zero-order valence-corrected chi connectivity index (χ0v) is 9.77. The van der Waals surface area contributed by atoms with Gasteiger partial charge in [0.1, 0.15) is 6.61 Å². The fraction of sp³-hybridized carbons (Fsp3) is 0.462. The van der Waals surface area contributed by atoms with Crippen LogP contribution in [0.3, 0.4) is 0 Å². The molecule has 1 aromatic carbocycles. The van der Waals surface area contributed by atoms with Crippen molar-refractivity contribution in [3.63, 3.8) is 0 Å². The summed E-state index contributed by atoms with van der Waals surface area (Å²) in [6.07, 6.45) is -0.196. The third-order valence-electron chi connectivity index (χ3n) is 2.88. The molecule has 0 spiro atoms. The molecule has 0 bridgehead atoms. The summed E-state index contributed by atoms with van der Waals surface area (Å²) < 4.78 is 4.93. The zero-order chi connectivity index (χ0) is 11.5. The van der Waals surface area contributed by atoms with Crippen LogP contribution in [0.5, 0.6) is 0 Å². The van der Waals surface area contributed by atoms with Gasteiger partial charge in [-0.05, 0) is 17.0 Å². The number of cyclic esters (lactones) is 1. The molecule has 3 heteroatoms. The summed E-state index contributed by atoms with van der Waals surface area (Å²) >= 11 is 0. The molecule has 3 nitrogen and oxygen atoms in total. The van der Waals surface area contributed by atoms with E-state index >= 15 is 0 Å². The van der Waals surface area contributed by atoms with E-state index in [-0.39, 0.29) is 6.09 Å². The van der Waals surface area contributed by atoms with Gasteiger partial charge in [0.05, 0.1) is 6.54 Å². The summed E-state index contributed by atoms with van der Waals surface area (Å²) in [5, 5.41) is 0. The van der Waals surface area contributed by atoms with Crippen LogP contribution in [0, 0.1) is 0 Å². The molecule has 1 heterocycles. The highest BCUT2D eigenvalue weighted by atomic mass is 16.6. The quantitative estimate of drug-likeness (QED) is 0.782. The summed E-state index contributed by atoms with van der Waals surface area (Å²) in [5.74, 6) is 0.481. The molecule has 1 aliphatic rings. The Labute approximate surface area is 96.0 Å². The third-order valence-corrected chi connectivity index (χ3v) is 2.88. The number of ether oxygens (including phenoxy) is 1. The maximum atomic E-state index is 11.4. The molecule has 1 aromatic rings. The lowest BCUT2D eigenvalue weighted by Crippen LogP contribution is -2.24. The summed E-state index contributed by atoms with van der Waals surface area (Å²) in [7, 11) is 0. The van der Waals surface area contributed by atoms with Gasteiger partial charge in [0, 0.05) is 6.54 Å².